The molecule has 0 unspecified atom stereocenters. The summed E-state index contributed by atoms with van der Waals surface area (Å²) < 4.78 is 12.0. The summed E-state index contributed by atoms with van der Waals surface area (Å²) in [7, 11) is -0.518. The summed E-state index contributed by atoms with van der Waals surface area (Å²) in [4.78, 5) is 4.48. The molecule has 21 heavy (non-hydrogen) atoms. The number of rotatable bonds is 2. The number of hydrogen-bond acceptors (Lipinski definition) is 4. The highest BCUT2D eigenvalue weighted by Gasteiger charge is 2.52. The van der Waals surface area contributed by atoms with Crippen molar-refractivity contribution in [1.29, 1.82) is 5.26 Å². The number of pyridine rings is 1. The van der Waals surface area contributed by atoms with E-state index in [9.17, 15) is 5.26 Å². The minimum Gasteiger partial charge on any atom is -0.399 e. The zero-order valence-electron chi connectivity index (χ0n) is 12.8. The number of nitriles is 1. The minimum atomic E-state index is -0.518. The van der Waals surface area contributed by atoms with Crippen molar-refractivity contribution in [2.24, 2.45) is 0 Å². The summed E-state index contributed by atoms with van der Waals surface area (Å²) in [6.45, 7) is 8.02. The molecule has 0 N–H and O–H groups in total. The lowest BCUT2D eigenvalue weighted by Gasteiger charge is -2.32. The zero-order chi connectivity index (χ0) is 14.5. The Bertz CT molecular complexity index is 578. The van der Waals surface area contributed by atoms with Gasteiger partial charge in [0.05, 0.1) is 22.8 Å². The van der Waals surface area contributed by atoms with E-state index >= 15 is 0 Å². The Morgan fingerprint density at radius 1 is 1.24 bits per heavy atom. The van der Waals surface area contributed by atoms with E-state index in [1.54, 1.807) is 6.20 Å². The van der Waals surface area contributed by atoms with Crippen molar-refractivity contribution in [2.45, 2.75) is 57.7 Å². The second-order valence-corrected chi connectivity index (χ2v) is 6.67. The van der Waals surface area contributed by atoms with Crippen LogP contribution in [0.4, 0.5) is 0 Å². The summed E-state index contributed by atoms with van der Waals surface area (Å²) in [5.74, 6) is 0.537. The Hall–Kier alpha value is -1.09. The summed E-state index contributed by atoms with van der Waals surface area (Å²) in [6, 6.07) is 4.14. The van der Waals surface area contributed by atoms with E-state index in [-0.39, 0.29) is 12.4 Å². The molecule has 4 nitrogen and oxygen atoms in total. The maximum Gasteiger partial charge on any atom is 0.497 e. The Balaban J connectivity index is 0.00000161. The van der Waals surface area contributed by atoms with Gasteiger partial charge in [-0.05, 0) is 46.6 Å². The van der Waals surface area contributed by atoms with E-state index in [0.717, 1.165) is 11.2 Å². The van der Waals surface area contributed by atoms with Crippen molar-refractivity contribution in [1.82, 2.24) is 4.98 Å². The van der Waals surface area contributed by atoms with Gasteiger partial charge in [-0.2, -0.15) is 5.26 Å². The van der Waals surface area contributed by atoms with Crippen molar-refractivity contribution >= 4 is 25.0 Å². The Kier molecular flexibility index (Phi) is 4.09. The average Bonchev–Trinajstić information content (AvgIpc) is 3.17. The predicted octanol–water partition coefficient (Wildman–Crippen LogP) is 2.55. The number of nitrogens with zero attached hydrogens (tertiary/aromatic N) is 2. The molecule has 0 radical (unpaired) electrons. The quantitative estimate of drug-likeness (QED) is 0.788. The third-order valence-corrected chi connectivity index (χ3v) is 4.58. The number of hydrogen-bond donors (Lipinski definition) is 0. The van der Waals surface area contributed by atoms with Crippen LogP contribution in [0.15, 0.2) is 12.3 Å². The largest absolute Gasteiger partial charge is 0.497 e. The van der Waals surface area contributed by atoms with Crippen molar-refractivity contribution in [3.8, 4) is 6.07 Å². The molecular weight excluding hydrogens is 286 g/mol. The molecule has 3 rings (SSSR count). The first-order valence-corrected chi connectivity index (χ1v) is 7.09. The third kappa shape index (κ3) is 2.81. The summed E-state index contributed by atoms with van der Waals surface area (Å²) in [6.07, 6.45) is 4.09. The van der Waals surface area contributed by atoms with Crippen LogP contribution in [0, 0.1) is 11.3 Å². The molecule has 1 saturated carbocycles. The van der Waals surface area contributed by atoms with Crippen LogP contribution in [0.3, 0.4) is 0 Å². The van der Waals surface area contributed by atoms with Crippen molar-refractivity contribution in [3.63, 3.8) is 0 Å². The van der Waals surface area contributed by atoms with E-state index < -0.39 is 18.3 Å². The van der Waals surface area contributed by atoms with E-state index in [1.807, 2.05) is 33.8 Å². The molecule has 6 heteroatoms. The van der Waals surface area contributed by atoms with E-state index in [4.69, 9.17) is 9.31 Å². The second kappa shape index (κ2) is 5.28. The van der Waals surface area contributed by atoms with Crippen LogP contribution in [0.1, 0.15) is 57.7 Å². The lowest BCUT2D eigenvalue weighted by molar-refractivity contribution is 0.00578. The molecule has 2 heterocycles. The molecule has 0 bridgehead atoms. The number of aromatic nitrogens is 1. The Morgan fingerprint density at radius 3 is 2.29 bits per heavy atom. The monoisotopic (exact) mass is 306 g/mol. The first-order chi connectivity index (χ1) is 9.34. The van der Waals surface area contributed by atoms with Gasteiger partial charge in [0.1, 0.15) is 0 Å². The molecule has 1 aromatic heterocycles. The van der Waals surface area contributed by atoms with Gasteiger partial charge in [-0.3, -0.25) is 4.98 Å². The lowest BCUT2D eigenvalue weighted by Crippen LogP contribution is -2.41. The third-order valence-electron chi connectivity index (χ3n) is 4.58. The molecule has 112 valence electrons. The molecule has 0 amide bonds. The number of halogens is 1. The molecular formula is C15H20BClN2O2. The topological polar surface area (TPSA) is 55.1 Å². The average molecular weight is 307 g/mol. The zero-order valence-corrected chi connectivity index (χ0v) is 13.7. The standard InChI is InChI=1S/C15H19BN2O2.ClH/c1-14(2)15(3,4)20-16(19-14)12-9-18-13(10-5-6-10)7-11(12)8-17;/h7,9-10H,5-6H2,1-4H3;1H. The van der Waals surface area contributed by atoms with Crippen LogP contribution >= 0.6 is 12.4 Å². The fourth-order valence-corrected chi connectivity index (χ4v) is 2.34. The molecule has 2 aliphatic rings. The highest BCUT2D eigenvalue weighted by atomic mass is 35.5. The van der Waals surface area contributed by atoms with Crippen LogP contribution < -0.4 is 5.46 Å². The van der Waals surface area contributed by atoms with E-state index in [0.29, 0.717) is 11.5 Å². The van der Waals surface area contributed by atoms with Gasteiger partial charge < -0.3 is 9.31 Å². The lowest BCUT2D eigenvalue weighted by atomic mass is 9.77. The van der Waals surface area contributed by atoms with Crippen LogP contribution in [-0.4, -0.2) is 23.3 Å². The molecule has 1 saturated heterocycles. The molecule has 0 aromatic carbocycles. The van der Waals surface area contributed by atoms with Gasteiger partial charge >= 0.3 is 7.12 Å². The summed E-state index contributed by atoms with van der Waals surface area (Å²) >= 11 is 0. The van der Waals surface area contributed by atoms with Crippen LogP contribution in [0.5, 0.6) is 0 Å². The molecule has 2 fully saturated rings. The van der Waals surface area contributed by atoms with Gasteiger partial charge in [-0.25, -0.2) is 0 Å². The highest BCUT2D eigenvalue weighted by molar-refractivity contribution is 6.62. The summed E-state index contributed by atoms with van der Waals surface area (Å²) in [5.41, 5.74) is 1.55. The molecule has 0 atom stereocenters. The van der Waals surface area contributed by atoms with Gasteiger partial charge in [0.2, 0.25) is 0 Å². The van der Waals surface area contributed by atoms with Gasteiger partial charge in [0.15, 0.2) is 0 Å². The van der Waals surface area contributed by atoms with Crippen LogP contribution in [-0.2, 0) is 9.31 Å². The van der Waals surface area contributed by atoms with Crippen LogP contribution in [0.25, 0.3) is 0 Å². The van der Waals surface area contributed by atoms with E-state index in [1.165, 1.54) is 12.8 Å². The Labute approximate surface area is 132 Å². The van der Waals surface area contributed by atoms with E-state index in [2.05, 4.69) is 11.1 Å². The predicted molar refractivity (Wildman–Crippen MR) is 83.9 cm³/mol. The molecule has 1 aromatic rings. The first-order valence-electron chi connectivity index (χ1n) is 7.09. The summed E-state index contributed by atoms with van der Waals surface area (Å²) in [5, 5.41) is 9.38. The van der Waals surface area contributed by atoms with Crippen molar-refractivity contribution in [2.75, 3.05) is 0 Å². The van der Waals surface area contributed by atoms with Crippen molar-refractivity contribution < 1.29 is 9.31 Å². The smallest absolute Gasteiger partial charge is 0.399 e. The normalized spacial score (nSPS) is 22.5. The fourth-order valence-electron chi connectivity index (χ4n) is 2.34. The SMILES string of the molecule is CC1(C)OB(c2cnc(C3CC3)cc2C#N)OC1(C)C.Cl. The highest BCUT2D eigenvalue weighted by Crippen LogP contribution is 2.39. The van der Waals surface area contributed by atoms with Crippen molar-refractivity contribution in [3.05, 3.63) is 23.5 Å². The minimum absolute atomic E-state index is 0. The van der Waals surface area contributed by atoms with Gasteiger partial charge in [0, 0.05) is 23.3 Å². The second-order valence-electron chi connectivity index (χ2n) is 6.67. The van der Waals surface area contributed by atoms with Gasteiger partial charge in [0.25, 0.3) is 0 Å². The molecule has 1 aliphatic carbocycles. The first kappa shape index (κ1) is 16.3. The van der Waals surface area contributed by atoms with Crippen LogP contribution in [0.2, 0.25) is 0 Å². The molecule has 0 spiro atoms. The van der Waals surface area contributed by atoms with Gasteiger partial charge in [-0.1, -0.05) is 0 Å². The molecule has 1 aliphatic heterocycles. The maximum absolute atomic E-state index is 9.38. The maximum atomic E-state index is 9.38. The fraction of sp³-hybridized carbons (Fsp3) is 0.600. The van der Waals surface area contributed by atoms with Gasteiger partial charge in [-0.15, -0.1) is 12.4 Å². The Morgan fingerprint density at radius 2 is 1.81 bits per heavy atom.